The Labute approximate surface area is 229 Å². The molecule has 1 heterocycles. The third-order valence-electron chi connectivity index (χ3n) is 7.07. The Bertz CT molecular complexity index is 1250. The molecule has 0 aliphatic heterocycles. The molecule has 9 heteroatoms. The fourth-order valence-corrected chi connectivity index (χ4v) is 5.10. The van der Waals surface area contributed by atoms with Crippen molar-refractivity contribution in [2.45, 2.75) is 44.2 Å². The van der Waals surface area contributed by atoms with Crippen LogP contribution in [0, 0.1) is 0 Å². The zero-order chi connectivity index (χ0) is 27.8. The number of hydrogen-bond donors (Lipinski definition) is 1. The molecule has 2 amide bonds. The summed E-state index contributed by atoms with van der Waals surface area (Å²) in [5.41, 5.74) is 1.44. The number of carbonyl (C=O) groups is 2. The van der Waals surface area contributed by atoms with Crippen LogP contribution >= 0.6 is 0 Å². The number of ether oxygens (including phenoxy) is 4. The van der Waals surface area contributed by atoms with Crippen LogP contribution in [0.25, 0.3) is 0 Å². The molecule has 1 aromatic heterocycles. The highest BCUT2D eigenvalue weighted by Crippen LogP contribution is 2.38. The summed E-state index contributed by atoms with van der Waals surface area (Å²) in [6, 6.07) is 13.3. The number of methoxy groups -OCH3 is 4. The zero-order valence-corrected chi connectivity index (χ0v) is 22.9. The Morgan fingerprint density at radius 3 is 2.31 bits per heavy atom. The molecule has 0 spiro atoms. The van der Waals surface area contributed by atoms with Crippen LogP contribution in [0.15, 0.2) is 59.2 Å². The van der Waals surface area contributed by atoms with Gasteiger partial charge in [0.25, 0.3) is 5.91 Å². The molecule has 39 heavy (non-hydrogen) atoms. The van der Waals surface area contributed by atoms with Crippen LogP contribution in [-0.2, 0) is 11.2 Å². The number of nitrogens with zero attached hydrogens (tertiary/aromatic N) is 1. The molecule has 208 valence electrons. The molecule has 1 fully saturated rings. The van der Waals surface area contributed by atoms with E-state index >= 15 is 0 Å². The van der Waals surface area contributed by atoms with Crippen LogP contribution in [0.1, 0.15) is 53.4 Å². The zero-order valence-electron chi connectivity index (χ0n) is 22.9. The van der Waals surface area contributed by atoms with Gasteiger partial charge in [0, 0.05) is 18.2 Å². The van der Waals surface area contributed by atoms with Gasteiger partial charge in [-0.2, -0.15) is 0 Å². The van der Waals surface area contributed by atoms with Crippen molar-refractivity contribution in [3.63, 3.8) is 0 Å². The van der Waals surface area contributed by atoms with Gasteiger partial charge in [0.1, 0.15) is 6.04 Å². The first kappa shape index (κ1) is 27.9. The highest BCUT2D eigenvalue weighted by atomic mass is 16.5. The first-order valence-electron chi connectivity index (χ1n) is 13.1. The summed E-state index contributed by atoms with van der Waals surface area (Å²) in [6.45, 7) is 0.220. The Hall–Kier alpha value is -4.14. The molecule has 1 N–H and O–H groups in total. The van der Waals surface area contributed by atoms with Crippen molar-refractivity contribution in [1.29, 1.82) is 0 Å². The number of para-hydroxylation sites is 1. The van der Waals surface area contributed by atoms with Crippen LogP contribution in [0.4, 0.5) is 0 Å². The summed E-state index contributed by atoms with van der Waals surface area (Å²) in [7, 11) is 6.22. The van der Waals surface area contributed by atoms with E-state index in [-0.39, 0.29) is 24.3 Å². The molecule has 0 radical (unpaired) electrons. The van der Waals surface area contributed by atoms with Crippen molar-refractivity contribution in [2.24, 2.45) is 0 Å². The van der Waals surface area contributed by atoms with Gasteiger partial charge in [0.2, 0.25) is 5.91 Å². The summed E-state index contributed by atoms with van der Waals surface area (Å²) < 4.78 is 27.5. The minimum absolute atomic E-state index is 0.0583. The van der Waals surface area contributed by atoms with Crippen molar-refractivity contribution in [3.8, 4) is 23.0 Å². The van der Waals surface area contributed by atoms with Gasteiger partial charge in [-0.25, -0.2) is 0 Å². The first-order chi connectivity index (χ1) is 19.0. The molecule has 3 aromatic rings. The van der Waals surface area contributed by atoms with Crippen molar-refractivity contribution >= 4 is 11.8 Å². The number of nitrogens with one attached hydrogen (secondary N) is 1. The van der Waals surface area contributed by atoms with Gasteiger partial charge in [-0.1, -0.05) is 31.0 Å². The SMILES string of the molecule is COc1ccc(CCN(C(=O)c2ccco2)[C@H](C(=O)NC2CCCC2)c2cccc(OC)c2OC)cc1OC. The number of furan rings is 1. The van der Waals surface area contributed by atoms with Gasteiger partial charge in [-0.3, -0.25) is 9.59 Å². The largest absolute Gasteiger partial charge is 0.493 e. The maximum Gasteiger partial charge on any atom is 0.290 e. The van der Waals surface area contributed by atoms with Gasteiger partial charge in [-0.15, -0.1) is 0 Å². The van der Waals surface area contributed by atoms with Crippen LogP contribution in [-0.4, -0.2) is 57.7 Å². The molecule has 0 unspecified atom stereocenters. The lowest BCUT2D eigenvalue weighted by Crippen LogP contribution is -2.47. The summed E-state index contributed by atoms with van der Waals surface area (Å²) in [6.07, 6.45) is 5.83. The molecule has 2 aromatic carbocycles. The van der Waals surface area contributed by atoms with Crippen molar-refractivity contribution in [2.75, 3.05) is 35.0 Å². The summed E-state index contributed by atoms with van der Waals surface area (Å²) in [4.78, 5) is 29.4. The molecule has 0 saturated heterocycles. The molecule has 1 saturated carbocycles. The Morgan fingerprint density at radius 1 is 0.923 bits per heavy atom. The molecule has 1 atom stereocenters. The van der Waals surface area contributed by atoms with Gasteiger partial charge >= 0.3 is 0 Å². The fourth-order valence-electron chi connectivity index (χ4n) is 5.10. The van der Waals surface area contributed by atoms with E-state index in [1.807, 2.05) is 18.2 Å². The lowest BCUT2D eigenvalue weighted by molar-refractivity contribution is -0.126. The quantitative estimate of drug-likeness (QED) is 0.355. The van der Waals surface area contributed by atoms with E-state index in [9.17, 15) is 9.59 Å². The van der Waals surface area contributed by atoms with E-state index in [1.165, 1.54) is 25.4 Å². The van der Waals surface area contributed by atoms with Gasteiger partial charge in [-0.05, 0) is 55.2 Å². The van der Waals surface area contributed by atoms with Crippen molar-refractivity contribution in [3.05, 3.63) is 71.7 Å². The monoisotopic (exact) mass is 536 g/mol. The second-order valence-corrected chi connectivity index (χ2v) is 9.39. The maximum atomic E-state index is 14.0. The highest BCUT2D eigenvalue weighted by Gasteiger charge is 2.37. The topological polar surface area (TPSA) is 99.5 Å². The standard InChI is InChI=1S/C30H36N2O7/c1-35-23-15-14-20(19-26(23)37-3)16-17-32(30(34)25-13-8-18-39-25)27(29(33)31-21-9-5-6-10-21)22-11-7-12-24(36-2)28(22)38-4/h7-8,11-15,18-19,21,27H,5-6,9-10,16-17H2,1-4H3,(H,31,33)/t27-/m0/s1. The average molecular weight is 537 g/mol. The molecule has 4 rings (SSSR count). The summed E-state index contributed by atoms with van der Waals surface area (Å²) >= 11 is 0. The second-order valence-electron chi connectivity index (χ2n) is 9.39. The Balaban J connectivity index is 1.76. The van der Waals surface area contributed by atoms with Crippen LogP contribution in [0.3, 0.4) is 0 Å². The van der Waals surface area contributed by atoms with E-state index in [0.717, 1.165) is 31.2 Å². The number of benzene rings is 2. The minimum Gasteiger partial charge on any atom is -0.493 e. The van der Waals surface area contributed by atoms with Gasteiger partial charge in [0.05, 0.1) is 34.7 Å². The Morgan fingerprint density at radius 2 is 1.67 bits per heavy atom. The van der Waals surface area contributed by atoms with Crippen LogP contribution in [0.5, 0.6) is 23.0 Å². The highest BCUT2D eigenvalue weighted by molar-refractivity contribution is 5.96. The molecular formula is C30H36N2O7. The van der Waals surface area contributed by atoms with E-state index in [1.54, 1.807) is 44.6 Å². The molecule has 9 nitrogen and oxygen atoms in total. The summed E-state index contributed by atoms with van der Waals surface area (Å²) in [5.74, 6) is 1.53. The first-order valence-corrected chi connectivity index (χ1v) is 13.1. The number of rotatable bonds is 12. The third kappa shape index (κ3) is 6.30. The van der Waals surface area contributed by atoms with E-state index in [2.05, 4.69) is 5.32 Å². The number of amides is 2. The second kappa shape index (κ2) is 13.1. The average Bonchev–Trinajstić information content (AvgIpc) is 3.69. The summed E-state index contributed by atoms with van der Waals surface area (Å²) in [5, 5.41) is 3.18. The maximum absolute atomic E-state index is 14.0. The van der Waals surface area contributed by atoms with Crippen molar-refractivity contribution < 1.29 is 33.0 Å². The van der Waals surface area contributed by atoms with Crippen molar-refractivity contribution in [1.82, 2.24) is 10.2 Å². The normalized spacial score (nSPS) is 13.9. The van der Waals surface area contributed by atoms with E-state index < -0.39 is 11.9 Å². The fraction of sp³-hybridized carbons (Fsp3) is 0.400. The Kier molecular flexibility index (Phi) is 9.35. The molecule has 1 aliphatic carbocycles. The smallest absolute Gasteiger partial charge is 0.290 e. The van der Waals surface area contributed by atoms with Crippen LogP contribution in [0.2, 0.25) is 0 Å². The van der Waals surface area contributed by atoms with E-state index in [0.29, 0.717) is 35.0 Å². The lowest BCUT2D eigenvalue weighted by atomic mass is 10.00. The van der Waals surface area contributed by atoms with Gasteiger partial charge in [0.15, 0.2) is 28.8 Å². The predicted molar refractivity (Wildman–Crippen MR) is 146 cm³/mol. The predicted octanol–water partition coefficient (Wildman–Crippen LogP) is 4.80. The molecule has 0 bridgehead atoms. The van der Waals surface area contributed by atoms with Crippen LogP contribution < -0.4 is 24.3 Å². The van der Waals surface area contributed by atoms with E-state index in [4.69, 9.17) is 23.4 Å². The molecular weight excluding hydrogens is 500 g/mol. The third-order valence-corrected chi connectivity index (χ3v) is 7.07. The van der Waals surface area contributed by atoms with Gasteiger partial charge < -0.3 is 33.6 Å². The minimum atomic E-state index is -0.992. The number of carbonyl (C=O) groups excluding carboxylic acids is 2. The number of hydrogen-bond acceptors (Lipinski definition) is 7. The lowest BCUT2D eigenvalue weighted by Gasteiger charge is -2.32. The molecule has 1 aliphatic rings.